The molecule has 2 aromatic carbocycles. The number of nitrogens with zero attached hydrogens (tertiary/aromatic N) is 2. The molecule has 6 nitrogen and oxygen atoms in total. The lowest BCUT2D eigenvalue weighted by Crippen LogP contribution is -2.36. The van der Waals surface area contributed by atoms with Crippen molar-refractivity contribution in [2.24, 2.45) is 5.10 Å². The smallest absolute Gasteiger partial charge is 0.335 e. The molecule has 3 rings (SSSR count). The van der Waals surface area contributed by atoms with Crippen molar-refractivity contribution < 1.29 is 14.6 Å². The molecule has 0 aromatic heterocycles. The number of rotatable bonds is 5. The summed E-state index contributed by atoms with van der Waals surface area (Å²) in [6.07, 6.45) is 0. The van der Waals surface area contributed by atoms with Crippen molar-refractivity contribution in [2.45, 2.75) is 6.92 Å². The summed E-state index contributed by atoms with van der Waals surface area (Å²) in [7, 11) is 0. The van der Waals surface area contributed by atoms with E-state index in [0.717, 1.165) is 43.3 Å². The minimum absolute atomic E-state index is 0.255. The molecule has 1 aliphatic rings. The van der Waals surface area contributed by atoms with Gasteiger partial charge in [-0.1, -0.05) is 12.1 Å². The number of hydrazone groups is 1. The highest BCUT2D eigenvalue weighted by Gasteiger charge is 2.11. The lowest BCUT2D eigenvalue weighted by Gasteiger charge is -2.28. The summed E-state index contributed by atoms with van der Waals surface area (Å²) in [6.45, 7) is 5.31. The zero-order valence-electron chi connectivity index (χ0n) is 14.1. The first-order valence-electron chi connectivity index (χ1n) is 8.20. The van der Waals surface area contributed by atoms with Gasteiger partial charge in [-0.2, -0.15) is 5.10 Å². The topological polar surface area (TPSA) is 74.2 Å². The average Bonchev–Trinajstić information content (AvgIpc) is 2.67. The van der Waals surface area contributed by atoms with Gasteiger partial charge >= 0.3 is 5.97 Å². The molecular weight excluding hydrogens is 318 g/mol. The van der Waals surface area contributed by atoms with E-state index in [1.54, 1.807) is 24.3 Å². The SMILES string of the molecule is C/C(=N/Nc1ccc(C(=O)O)cc1)c1ccc(N2CCOCC2)cc1. The number of ether oxygens (including phenoxy) is 1. The van der Waals surface area contributed by atoms with Crippen molar-refractivity contribution in [2.75, 3.05) is 36.6 Å². The lowest BCUT2D eigenvalue weighted by molar-refractivity contribution is 0.0697. The lowest BCUT2D eigenvalue weighted by atomic mass is 10.1. The molecule has 0 radical (unpaired) electrons. The Bertz CT molecular complexity index is 748. The van der Waals surface area contributed by atoms with Gasteiger partial charge in [0.05, 0.1) is 30.2 Å². The Hall–Kier alpha value is -2.86. The molecule has 1 heterocycles. The monoisotopic (exact) mass is 339 g/mol. The van der Waals surface area contributed by atoms with Gasteiger partial charge in [-0.25, -0.2) is 4.79 Å². The van der Waals surface area contributed by atoms with Gasteiger partial charge in [0.1, 0.15) is 0 Å². The van der Waals surface area contributed by atoms with E-state index < -0.39 is 5.97 Å². The number of nitrogens with one attached hydrogen (secondary N) is 1. The van der Waals surface area contributed by atoms with Crippen LogP contribution in [-0.2, 0) is 4.74 Å². The molecule has 0 amide bonds. The fourth-order valence-electron chi connectivity index (χ4n) is 2.64. The first-order chi connectivity index (χ1) is 12.1. The molecule has 130 valence electrons. The van der Waals surface area contributed by atoms with Gasteiger partial charge in [0.25, 0.3) is 0 Å². The molecule has 1 saturated heterocycles. The second kappa shape index (κ2) is 7.81. The Morgan fingerprint density at radius 3 is 2.24 bits per heavy atom. The number of anilines is 2. The van der Waals surface area contributed by atoms with Gasteiger partial charge in [-0.05, 0) is 48.9 Å². The number of carbonyl (C=O) groups is 1. The maximum Gasteiger partial charge on any atom is 0.335 e. The van der Waals surface area contributed by atoms with Gasteiger partial charge in [-0.3, -0.25) is 5.43 Å². The summed E-state index contributed by atoms with van der Waals surface area (Å²) in [5, 5.41) is 13.3. The normalized spacial score (nSPS) is 15.1. The van der Waals surface area contributed by atoms with E-state index in [1.807, 2.05) is 6.92 Å². The van der Waals surface area contributed by atoms with Crippen molar-refractivity contribution in [3.8, 4) is 0 Å². The third kappa shape index (κ3) is 4.36. The maximum absolute atomic E-state index is 10.8. The van der Waals surface area contributed by atoms with E-state index in [9.17, 15) is 4.79 Å². The van der Waals surface area contributed by atoms with E-state index in [1.165, 1.54) is 5.69 Å². The minimum Gasteiger partial charge on any atom is -0.478 e. The summed E-state index contributed by atoms with van der Waals surface area (Å²) >= 11 is 0. The Labute approximate surface area is 146 Å². The van der Waals surface area contributed by atoms with Gasteiger partial charge in [0, 0.05) is 18.8 Å². The quantitative estimate of drug-likeness (QED) is 0.647. The van der Waals surface area contributed by atoms with Crippen LogP contribution in [-0.4, -0.2) is 43.1 Å². The van der Waals surface area contributed by atoms with Crippen molar-refractivity contribution in [3.63, 3.8) is 0 Å². The van der Waals surface area contributed by atoms with Crippen molar-refractivity contribution in [1.29, 1.82) is 0 Å². The molecule has 0 atom stereocenters. The molecule has 6 heteroatoms. The summed E-state index contributed by atoms with van der Waals surface area (Å²) in [6, 6.07) is 14.8. The van der Waals surface area contributed by atoms with Gasteiger partial charge in [-0.15, -0.1) is 0 Å². The van der Waals surface area contributed by atoms with E-state index in [2.05, 4.69) is 39.7 Å². The first kappa shape index (κ1) is 17.0. The van der Waals surface area contributed by atoms with Crippen molar-refractivity contribution >= 4 is 23.1 Å². The van der Waals surface area contributed by atoms with Crippen LogP contribution in [0.1, 0.15) is 22.8 Å². The van der Waals surface area contributed by atoms with Crippen LogP contribution in [0, 0.1) is 0 Å². The molecular formula is C19H21N3O3. The number of hydrogen-bond acceptors (Lipinski definition) is 5. The highest BCUT2D eigenvalue weighted by Crippen LogP contribution is 2.17. The average molecular weight is 339 g/mol. The zero-order chi connectivity index (χ0) is 17.6. The number of carboxylic acids is 1. The van der Waals surface area contributed by atoms with Crippen LogP contribution < -0.4 is 10.3 Å². The van der Waals surface area contributed by atoms with Gasteiger partial charge in [0.15, 0.2) is 0 Å². The molecule has 0 bridgehead atoms. The zero-order valence-corrected chi connectivity index (χ0v) is 14.1. The number of morpholine rings is 1. The van der Waals surface area contributed by atoms with Crippen LogP contribution in [0.3, 0.4) is 0 Å². The van der Waals surface area contributed by atoms with Gasteiger partial charge < -0.3 is 14.7 Å². The molecule has 25 heavy (non-hydrogen) atoms. The van der Waals surface area contributed by atoms with Crippen LogP contribution in [0.5, 0.6) is 0 Å². The third-order valence-corrected chi connectivity index (χ3v) is 4.15. The largest absolute Gasteiger partial charge is 0.478 e. The Balaban J connectivity index is 1.64. The highest BCUT2D eigenvalue weighted by molar-refractivity contribution is 5.99. The number of carboxylic acid groups (broad SMARTS) is 1. The molecule has 0 spiro atoms. The van der Waals surface area contributed by atoms with Crippen LogP contribution in [0.15, 0.2) is 53.6 Å². The van der Waals surface area contributed by atoms with Crippen LogP contribution in [0.2, 0.25) is 0 Å². The predicted molar refractivity (Wildman–Crippen MR) is 98.7 cm³/mol. The molecule has 2 aromatic rings. The predicted octanol–water partition coefficient (Wildman–Crippen LogP) is 3.06. The summed E-state index contributed by atoms with van der Waals surface area (Å²) in [5.41, 5.74) is 7.04. The maximum atomic E-state index is 10.8. The Morgan fingerprint density at radius 2 is 1.64 bits per heavy atom. The van der Waals surface area contributed by atoms with E-state index >= 15 is 0 Å². The Morgan fingerprint density at radius 1 is 1.04 bits per heavy atom. The Kier molecular flexibility index (Phi) is 5.30. The molecule has 1 aliphatic heterocycles. The van der Waals surface area contributed by atoms with Crippen LogP contribution in [0.4, 0.5) is 11.4 Å². The molecule has 0 saturated carbocycles. The molecule has 0 aliphatic carbocycles. The second-order valence-electron chi connectivity index (χ2n) is 5.84. The van der Waals surface area contributed by atoms with E-state index in [4.69, 9.17) is 9.84 Å². The summed E-state index contributed by atoms with van der Waals surface area (Å²) in [5.74, 6) is -0.938. The molecule has 2 N–H and O–H groups in total. The number of hydrogen-bond donors (Lipinski definition) is 2. The number of benzene rings is 2. The van der Waals surface area contributed by atoms with Crippen LogP contribution in [0.25, 0.3) is 0 Å². The van der Waals surface area contributed by atoms with Crippen molar-refractivity contribution in [1.82, 2.24) is 0 Å². The molecule has 1 fully saturated rings. The standard InChI is InChI=1S/C19H21N3O3/c1-14(20-21-17-6-2-16(3-7-17)19(23)24)15-4-8-18(9-5-15)22-10-12-25-13-11-22/h2-9,21H,10-13H2,1H3,(H,23,24)/b20-14-. The summed E-state index contributed by atoms with van der Waals surface area (Å²) in [4.78, 5) is 13.2. The fraction of sp³-hybridized carbons (Fsp3) is 0.263. The third-order valence-electron chi connectivity index (χ3n) is 4.15. The molecule has 0 unspecified atom stereocenters. The first-order valence-corrected chi connectivity index (χ1v) is 8.20. The van der Waals surface area contributed by atoms with Crippen LogP contribution >= 0.6 is 0 Å². The number of aromatic carboxylic acids is 1. The van der Waals surface area contributed by atoms with E-state index in [-0.39, 0.29) is 5.56 Å². The fourth-order valence-corrected chi connectivity index (χ4v) is 2.64. The highest BCUT2D eigenvalue weighted by atomic mass is 16.5. The second-order valence-corrected chi connectivity index (χ2v) is 5.84. The minimum atomic E-state index is -0.938. The van der Waals surface area contributed by atoms with Gasteiger partial charge in [0.2, 0.25) is 0 Å². The summed E-state index contributed by atoms with van der Waals surface area (Å²) < 4.78 is 5.38. The van der Waals surface area contributed by atoms with Crippen molar-refractivity contribution in [3.05, 3.63) is 59.7 Å². The van der Waals surface area contributed by atoms with E-state index in [0.29, 0.717) is 0 Å².